The van der Waals surface area contributed by atoms with Crippen LogP contribution in [0.2, 0.25) is 0 Å². The molecule has 0 spiro atoms. The van der Waals surface area contributed by atoms with Gasteiger partial charge in [-0.2, -0.15) is 13.2 Å². The Morgan fingerprint density at radius 3 is 2.14 bits per heavy atom. The van der Waals surface area contributed by atoms with E-state index in [2.05, 4.69) is 4.98 Å². The van der Waals surface area contributed by atoms with Crippen molar-refractivity contribution in [1.82, 2.24) is 4.98 Å². The molecule has 0 saturated carbocycles. The first-order valence-corrected chi connectivity index (χ1v) is 4.83. The maximum Gasteiger partial charge on any atom is 0.443 e. The number of rotatable bonds is 1. The fourth-order valence-electron chi connectivity index (χ4n) is 0.566. The van der Waals surface area contributed by atoms with Crippen molar-refractivity contribution in [3.05, 3.63) is 16.1 Å². The molecular formula is C8H10F3NOS. The normalized spacial score (nSPS) is 10.4. The highest BCUT2D eigenvalue weighted by molar-refractivity contribution is 7.09. The van der Waals surface area contributed by atoms with Crippen LogP contribution in [0, 0.1) is 0 Å². The van der Waals surface area contributed by atoms with Crippen molar-refractivity contribution in [2.75, 3.05) is 0 Å². The topological polar surface area (TPSA) is 30.0 Å². The van der Waals surface area contributed by atoms with Crippen LogP contribution in [0.25, 0.3) is 0 Å². The zero-order chi connectivity index (χ0) is 11.4. The van der Waals surface area contributed by atoms with Crippen LogP contribution in [-0.2, 0) is 6.18 Å². The summed E-state index contributed by atoms with van der Waals surface area (Å²) >= 11 is 0.428. The molecule has 80 valence electrons. The van der Waals surface area contributed by atoms with E-state index < -0.39 is 17.0 Å². The number of alkyl halides is 3. The second kappa shape index (κ2) is 5.09. The first-order valence-electron chi connectivity index (χ1n) is 3.95. The highest BCUT2D eigenvalue weighted by atomic mass is 32.1. The summed E-state index contributed by atoms with van der Waals surface area (Å²) in [5.41, 5.74) is -0.132. The van der Waals surface area contributed by atoms with E-state index in [0.717, 1.165) is 5.38 Å². The zero-order valence-corrected chi connectivity index (χ0v) is 8.79. The molecule has 0 saturated heterocycles. The van der Waals surface area contributed by atoms with Gasteiger partial charge in [0.2, 0.25) is 0 Å². The van der Waals surface area contributed by atoms with Gasteiger partial charge >= 0.3 is 6.18 Å². The Labute approximate surface area is 83.8 Å². The van der Waals surface area contributed by atoms with Gasteiger partial charge in [-0.3, -0.25) is 4.79 Å². The van der Waals surface area contributed by atoms with E-state index >= 15 is 0 Å². The number of aromatic nitrogens is 1. The van der Waals surface area contributed by atoms with E-state index in [1.54, 1.807) is 0 Å². The second-order valence-corrected chi connectivity index (χ2v) is 2.95. The lowest BCUT2D eigenvalue weighted by molar-refractivity contribution is -0.137. The minimum atomic E-state index is -4.45. The highest BCUT2D eigenvalue weighted by Gasteiger charge is 2.34. The first-order chi connectivity index (χ1) is 6.41. The molecule has 0 amide bonds. The molecule has 0 unspecified atom stereocenters. The van der Waals surface area contributed by atoms with Gasteiger partial charge in [0.1, 0.15) is 5.69 Å². The van der Waals surface area contributed by atoms with Crippen LogP contribution in [0.4, 0.5) is 13.2 Å². The molecule has 0 radical (unpaired) electrons. The van der Waals surface area contributed by atoms with Crippen LogP contribution < -0.4 is 0 Å². The number of hydrogen-bond donors (Lipinski definition) is 0. The van der Waals surface area contributed by atoms with Crippen molar-refractivity contribution in [3.63, 3.8) is 0 Å². The standard InChI is InChI=1S/C6H4F3NOS.C2H6/c1-3(11)4-2-12-5(10-4)6(7,8)9;1-2/h2H,1H3;1-2H3. The second-order valence-electron chi connectivity index (χ2n) is 2.09. The smallest absolute Gasteiger partial charge is 0.293 e. The largest absolute Gasteiger partial charge is 0.443 e. The Hall–Kier alpha value is -0.910. The number of ketones is 1. The lowest BCUT2D eigenvalue weighted by Gasteiger charge is -1.98. The van der Waals surface area contributed by atoms with Gasteiger partial charge < -0.3 is 0 Å². The van der Waals surface area contributed by atoms with Crippen LogP contribution in [0.5, 0.6) is 0 Å². The third-order valence-electron chi connectivity index (χ3n) is 1.11. The number of Topliss-reactive ketones (excluding diaryl/α,β-unsaturated/α-hetero) is 1. The predicted octanol–water partition coefficient (Wildman–Crippen LogP) is 3.39. The Balaban J connectivity index is 0.000000791. The molecule has 0 aliphatic carbocycles. The quantitative estimate of drug-likeness (QED) is 0.686. The van der Waals surface area contributed by atoms with Crippen molar-refractivity contribution in [2.45, 2.75) is 26.9 Å². The fourth-order valence-corrected chi connectivity index (χ4v) is 1.29. The van der Waals surface area contributed by atoms with Crippen molar-refractivity contribution < 1.29 is 18.0 Å². The minimum Gasteiger partial charge on any atom is -0.293 e. The van der Waals surface area contributed by atoms with E-state index in [9.17, 15) is 18.0 Å². The molecule has 0 atom stereocenters. The van der Waals surface area contributed by atoms with Crippen molar-refractivity contribution in [2.24, 2.45) is 0 Å². The third kappa shape index (κ3) is 3.45. The van der Waals surface area contributed by atoms with E-state index in [4.69, 9.17) is 0 Å². The molecular weight excluding hydrogens is 215 g/mol. The summed E-state index contributed by atoms with van der Waals surface area (Å²) in [6.45, 7) is 5.18. The summed E-state index contributed by atoms with van der Waals surface area (Å²) in [5.74, 6) is -0.457. The van der Waals surface area contributed by atoms with Gasteiger partial charge in [-0.15, -0.1) is 11.3 Å². The lowest BCUT2D eigenvalue weighted by atomic mass is 10.4. The van der Waals surface area contributed by atoms with Crippen LogP contribution in [-0.4, -0.2) is 10.8 Å². The summed E-state index contributed by atoms with van der Waals surface area (Å²) in [6, 6.07) is 0. The van der Waals surface area contributed by atoms with E-state index in [1.807, 2.05) is 13.8 Å². The van der Waals surface area contributed by atoms with Gasteiger partial charge in [0.25, 0.3) is 0 Å². The molecule has 0 aliphatic rings. The molecule has 1 aromatic rings. The molecule has 0 fully saturated rings. The summed E-state index contributed by atoms with van der Waals surface area (Å²) < 4.78 is 35.7. The van der Waals surface area contributed by atoms with Gasteiger partial charge in [-0.1, -0.05) is 13.8 Å². The summed E-state index contributed by atoms with van der Waals surface area (Å²) in [7, 11) is 0. The van der Waals surface area contributed by atoms with Crippen LogP contribution in [0.1, 0.15) is 36.3 Å². The molecule has 1 aromatic heterocycles. The number of hydrogen-bond acceptors (Lipinski definition) is 3. The summed E-state index contributed by atoms with van der Waals surface area (Å²) in [4.78, 5) is 13.7. The average Bonchev–Trinajstić information content (AvgIpc) is 2.54. The molecule has 0 N–H and O–H groups in total. The Morgan fingerprint density at radius 2 is 1.93 bits per heavy atom. The van der Waals surface area contributed by atoms with Gasteiger partial charge in [0, 0.05) is 12.3 Å². The van der Waals surface area contributed by atoms with Crippen molar-refractivity contribution in [1.29, 1.82) is 0 Å². The zero-order valence-electron chi connectivity index (χ0n) is 7.97. The predicted molar refractivity (Wildman–Crippen MR) is 48.5 cm³/mol. The van der Waals surface area contributed by atoms with Gasteiger partial charge in [-0.05, 0) is 0 Å². The maximum atomic E-state index is 11.9. The number of halogens is 3. The number of carbonyl (C=O) groups is 1. The van der Waals surface area contributed by atoms with Crippen molar-refractivity contribution >= 4 is 17.1 Å². The summed E-state index contributed by atoms with van der Waals surface area (Å²) in [5, 5.41) is 0.123. The van der Waals surface area contributed by atoms with Gasteiger partial charge in [-0.25, -0.2) is 4.98 Å². The minimum absolute atomic E-state index is 0.132. The van der Waals surface area contributed by atoms with Gasteiger partial charge in [0.05, 0.1) is 0 Å². The Morgan fingerprint density at radius 1 is 1.43 bits per heavy atom. The molecule has 2 nitrogen and oxygen atoms in total. The first kappa shape index (κ1) is 13.1. The lowest BCUT2D eigenvalue weighted by Crippen LogP contribution is -2.05. The van der Waals surface area contributed by atoms with Crippen LogP contribution in [0.15, 0.2) is 5.38 Å². The van der Waals surface area contributed by atoms with E-state index in [0.29, 0.717) is 11.3 Å². The van der Waals surface area contributed by atoms with E-state index in [1.165, 1.54) is 6.92 Å². The molecule has 1 rings (SSSR count). The molecule has 0 aromatic carbocycles. The van der Waals surface area contributed by atoms with Crippen molar-refractivity contribution in [3.8, 4) is 0 Å². The number of carbonyl (C=O) groups excluding carboxylic acids is 1. The Bertz CT molecular complexity index is 306. The number of thiazole rings is 1. The SMILES string of the molecule is CC.CC(=O)c1csc(C(F)(F)F)n1. The Kier molecular flexibility index (Phi) is 4.76. The molecule has 6 heteroatoms. The van der Waals surface area contributed by atoms with Crippen LogP contribution >= 0.6 is 11.3 Å². The molecule has 0 aliphatic heterocycles. The molecule has 0 bridgehead atoms. The molecule has 14 heavy (non-hydrogen) atoms. The highest BCUT2D eigenvalue weighted by Crippen LogP contribution is 2.31. The monoisotopic (exact) mass is 225 g/mol. The van der Waals surface area contributed by atoms with E-state index in [-0.39, 0.29) is 5.69 Å². The maximum absolute atomic E-state index is 11.9. The number of nitrogens with zero attached hydrogens (tertiary/aromatic N) is 1. The molecule has 1 heterocycles. The van der Waals surface area contributed by atoms with Crippen LogP contribution in [0.3, 0.4) is 0 Å². The summed E-state index contributed by atoms with van der Waals surface area (Å²) in [6.07, 6.45) is -4.45. The average molecular weight is 225 g/mol. The fraction of sp³-hybridized carbons (Fsp3) is 0.500. The third-order valence-corrected chi connectivity index (χ3v) is 1.99. The van der Waals surface area contributed by atoms with Gasteiger partial charge in [0.15, 0.2) is 10.8 Å².